The normalized spacial score (nSPS) is 12.0. The summed E-state index contributed by atoms with van der Waals surface area (Å²) < 4.78 is 44.0. The summed E-state index contributed by atoms with van der Waals surface area (Å²) in [5.41, 5.74) is 2.12. The summed E-state index contributed by atoms with van der Waals surface area (Å²) >= 11 is 6.14. The number of carbonyl (C=O) groups excluding carboxylic acids is 1. The van der Waals surface area contributed by atoms with Crippen molar-refractivity contribution in [3.8, 4) is 11.3 Å². The van der Waals surface area contributed by atoms with E-state index in [1.54, 1.807) is 16.8 Å². The Morgan fingerprint density at radius 2 is 1.81 bits per heavy atom. The molecule has 36 heavy (non-hydrogen) atoms. The van der Waals surface area contributed by atoms with E-state index in [1.165, 1.54) is 6.07 Å². The first-order valence-corrected chi connectivity index (χ1v) is 11.9. The van der Waals surface area contributed by atoms with E-state index < -0.39 is 17.8 Å². The lowest BCUT2D eigenvalue weighted by atomic mass is 10.0. The van der Waals surface area contributed by atoms with E-state index in [-0.39, 0.29) is 23.6 Å². The Labute approximate surface area is 211 Å². The zero-order valence-electron chi connectivity index (χ0n) is 20.3. The van der Waals surface area contributed by atoms with Crippen molar-refractivity contribution in [2.75, 3.05) is 6.54 Å². The second-order valence-corrected chi connectivity index (χ2v) is 9.30. The van der Waals surface area contributed by atoms with Gasteiger partial charge >= 0.3 is 6.18 Å². The van der Waals surface area contributed by atoms with Crippen LogP contribution in [0.4, 0.5) is 13.2 Å². The highest BCUT2D eigenvalue weighted by atomic mass is 35.5. The minimum absolute atomic E-state index is 0.0600. The van der Waals surface area contributed by atoms with Gasteiger partial charge in [-0.2, -0.15) is 23.4 Å². The van der Waals surface area contributed by atoms with E-state index in [9.17, 15) is 18.0 Å². The highest BCUT2D eigenvalue weighted by Gasteiger charge is 2.35. The van der Waals surface area contributed by atoms with Crippen LogP contribution in [0, 0.1) is 13.8 Å². The summed E-state index contributed by atoms with van der Waals surface area (Å²) in [5, 5.41) is 11.5. The van der Waals surface area contributed by atoms with E-state index in [4.69, 9.17) is 11.6 Å². The van der Waals surface area contributed by atoms with Crippen molar-refractivity contribution in [1.82, 2.24) is 29.7 Å². The number of halogens is 4. The van der Waals surface area contributed by atoms with Crippen molar-refractivity contribution in [1.29, 1.82) is 0 Å². The largest absolute Gasteiger partial charge is 0.433 e. The third kappa shape index (κ3) is 5.23. The Bertz CT molecular complexity index is 1410. The topological polar surface area (TPSA) is 77.1 Å². The molecule has 4 rings (SSSR count). The Hall–Kier alpha value is -3.40. The molecule has 0 aliphatic rings. The van der Waals surface area contributed by atoms with Gasteiger partial charge in [-0.25, -0.2) is 9.50 Å². The third-order valence-corrected chi connectivity index (χ3v) is 6.50. The third-order valence-electron chi connectivity index (χ3n) is 5.95. The van der Waals surface area contributed by atoms with Gasteiger partial charge in [0.1, 0.15) is 0 Å². The van der Waals surface area contributed by atoms with Crippen LogP contribution in [0.3, 0.4) is 0 Å². The molecular weight excluding hydrogens is 493 g/mol. The first-order chi connectivity index (χ1) is 17.0. The molecule has 0 unspecified atom stereocenters. The Balaban J connectivity index is 1.54. The number of fused-ring (bicyclic) bond motifs is 1. The molecule has 1 aromatic carbocycles. The molecule has 0 radical (unpaired) electrons. The minimum atomic E-state index is -4.69. The molecule has 7 nitrogen and oxygen atoms in total. The van der Waals surface area contributed by atoms with Crippen molar-refractivity contribution in [3.05, 3.63) is 69.8 Å². The standard InChI is InChI=1S/C25H26ClF3N6O/c1-14(2)17-6-8-18(9-7-17)19-12-21(25(27,28)29)35-22(31-19)13-20(33-35)24(36)30-10-5-11-34-16(4)23(26)15(3)32-34/h6-9,12-14H,5,10-11H2,1-4H3,(H,30,36). The summed E-state index contributed by atoms with van der Waals surface area (Å²) in [6.07, 6.45) is -4.13. The lowest BCUT2D eigenvalue weighted by Crippen LogP contribution is -2.26. The molecule has 0 fully saturated rings. The maximum absolute atomic E-state index is 13.9. The summed E-state index contributed by atoms with van der Waals surface area (Å²) in [6.45, 7) is 8.56. The number of hydrogen-bond donors (Lipinski definition) is 1. The fourth-order valence-corrected chi connectivity index (χ4v) is 4.02. The van der Waals surface area contributed by atoms with Gasteiger partial charge in [-0.05, 0) is 37.8 Å². The lowest BCUT2D eigenvalue weighted by Gasteiger charge is -2.12. The van der Waals surface area contributed by atoms with Crippen LogP contribution in [-0.2, 0) is 12.7 Å². The summed E-state index contributed by atoms with van der Waals surface area (Å²) in [4.78, 5) is 17.0. The van der Waals surface area contributed by atoms with Gasteiger partial charge in [0.05, 0.1) is 22.1 Å². The Kier molecular flexibility index (Phi) is 7.08. The number of benzene rings is 1. The molecule has 0 aliphatic carbocycles. The van der Waals surface area contributed by atoms with Crippen LogP contribution < -0.4 is 5.32 Å². The molecule has 0 spiro atoms. The number of nitrogens with zero attached hydrogens (tertiary/aromatic N) is 5. The van der Waals surface area contributed by atoms with Gasteiger partial charge in [0.15, 0.2) is 17.0 Å². The molecule has 0 aliphatic heterocycles. The van der Waals surface area contributed by atoms with Crippen molar-refractivity contribution < 1.29 is 18.0 Å². The van der Waals surface area contributed by atoms with Crippen LogP contribution >= 0.6 is 11.6 Å². The second kappa shape index (κ2) is 9.93. The number of carbonyl (C=O) groups is 1. The number of amides is 1. The molecule has 0 bridgehead atoms. The van der Waals surface area contributed by atoms with Crippen LogP contribution in [0.1, 0.15) is 59.3 Å². The number of rotatable bonds is 7. The van der Waals surface area contributed by atoms with Crippen molar-refractivity contribution in [3.63, 3.8) is 0 Å². The first-order valence-electron chi connectivity index (χ1n) is 11.5. The van der Waals surface area contributed by atoms with Crippen molar-refractivity contribution >= 4 is 23.2 Å². The van der Waals surface area contributed by atoms with Crippen molar-refractivity contribution in [2.24, 2.45) is 0 Å². The monoisotopic (exact) mass is 518 g/mol. The van der Waals surface area contributed by atoms with Crippen LogP contribution in [0.2, 0.25) is 5.02 Å². The fraction of sp³-hybridized carbons (Fsp3) is 0.360. The molecule has 1 amide bonds. The first kappa shape index (κ1) is 25.7. The summed E-state index contributed by atoms with van der Waals surface area (Å²) in [5.74, 6) is -0.288. The predicted molar refractivity (Wildman–Crippen MR) is 131 cm³/mol. The number of aryl methyl sites for hydroxylation is 2. The maximum Gasteiger partial charge on any atom is 0.433 e. The van der Waals surface area contributed by atoms with Gasteiger partial charge in [-0.1, -0.05) is 49.7 Å². The molecule has 1 N–H and O–H groups in total. The predicted octanol–water partition coefficient (Wildman–Crippen LogP) is 5.83. The van der Waals surface area contributed by atoms with E-state index >= 15 is 0 Å². The van der Waals surface area contributed by atoms with Crippen LogP contribution in [0.25, 0.3) is 16.9 Å². The van der Waals surface area contributed by atoms with Gasteiger partial charge in [0.2, 0.25) is 0 Å². The summed E-state index contributed by atoms with van der Waals surface area (Å²) in [7, 11) is 0. The quantitative estimate of drug-likeness (QED) is 0.312. The smallest absolute Gasteiger partial charge is 0.351 e. The number of hydrogen-bond acceptors (Lipinski definition) is 4. The minimum Gasteiger partial charge on any atom is -0.351 e. The van der Waals surface area contributed by atoms with E-state index in [0.29, 0.717) is 34.0 Å². The SMILES string of the molecule is Cc1nn(CCCNC(=O)c2cc3nc(-c4ccc(C(C)C)cc4)cc(C(F)(F)F)n3n2)c(C)c1Cl. The van der Waals surface area contributed by atoms with E-state index in [0.717, 1.165) is 23.0 Å². The maximum atomic E-state index is 13.9. The molecule has 3 aromatic heterocycles. The average Bonchev–Trinajstić information content (AvgIpc) is 3.37. The van der Waals surface area contributed by atoms with Gasteiger partial charge in [0.25, 0.3) is 5.91 Å². The zero-order chi connectivity index (χ0) is 26.2. The highest BCUT2D eigenvalue weighted by molar-refractivity contribution is 6.31. The Morgan fingerprint density at radius 3 is 2.39 bits per heavy atom. The van der Waals surface area contributed by atoms with E-state index in [2.05, 4.69) is 20.5 Å². The van der Waals surface area contributed by atoms with Gasteiger partial charge in [0, 0.05) is 24.7 Å². The molecular formula is C25H26ClF3N6O. The lowest BCUT2D eigenvalue weighted by molar-refractivity contribution is -0.142. The average molecular weight is 519 g/mol. The van der Waals surface area contributed by atoms with Gasteiger partial charge < -0.3 is 5.32 Å². The van der Waals surface area contributed by atoms with Crippen LogP contribution in [-0.4, -0.2) is 36.8 Å². The van der Waals surface area contributed by atoms with E-state index in [1.807, 2.05) is 39.8 Å². The number of aromatic nitrogens is 5. The molecule has 4 aromatic rings. The van der Waals surface area contributed by atoms with Crippen LogP contribution in [0.5, 0.6) is 0 Å². The van der Waals surface area contributed by atoms with Crippen molar-refractivity contribution in [2.45, 2.75) is 52.8 Å². The fourth-order valence-electron chi connectivity index (χ4n) is 3.89. The number of nitrogens with one attached hydrogen (secondary N) is 1. The Morgan fingerprint density at radius 1 is 1.11 bits per heavy atom. The zero-order valence-corrected chi connectivity index (χ0v) is 21.1. The highest BCUT2D eigenvalue weighted by Crippen LogP contribution is 2.32. The molecule has 3 heterocycles. The number of alkyl halides is 3. The van der Waals surface area contributed by atoms with Gasteiger partial charge in [-0.15, -0.1) is 0 Å². The summed E-state index contributed by atoms with van der Waals surface area (Å²) in [6, 6.07) is 9.44. The van der Waals surface area contributed by atoms with Gasteiger partial charge in [-0.3, -0.25) is 9.48 Å². The molecule has 0 saturated heterocycles. The molecule has 11 heteroatoms. The van der Waals surface area contributed by atoms with Crippen LogP contribution in [0.15, 0.2) is 36.4 Å². The molecule has 190 valence electrons. The molecule has 0 atom stereocenters. The molecule has 0 saturated carbocycles. The second-order valence-electron chi connectivity index (χ2n) is 8.92.